The fraction of sp³-hybridized carbons (Fsp3) is 1.00. The largest absolute Gasteiger partial charge is 0.330 e. The van der Waals surface area contributed by atoms with E-state index < -0.39 is 0 Å². The van der Waals surface area contributed by atoms with Crippen LogP contribution in [-0.2, 0) is 0 Å². The van der Waals surface area contributed by atoms with Gasteiger partial charge in [0, 0.05) is 6.54 Å². The van der Waals surface area contributed by atoms with E-state index in [1.807, 2.05) is 0 Å². The van der Waals surface area contributed by atoms with Crippen molar-refractivity contribution in [3.05, 3.63) is 0 Å². The molecule has 0 aliphatic carbocycles. The average Bonchev–Trinajstić information content (AvgIpc) is 2.09. The minimum atomic E-state index is 0.732. The van der Waals surface area contributed by atoms with Crippen LogP contribution in [-0.4, -0.2) is 37.6 Å². The molecule has 0 heterocycles. The lowest BCUT2D eigenvalue weighted by Gasteiger charge is -2.23. The molecule has 0 saturated carbocycles. The van der Waals surface area contributed by atoms with Crippen molar-refractivity contribution in [2.75, 3.05) is 32.7 Å². The third kappa shape index (κ3) is 8.22. The zero-order chi connectivity index (χ0) is 10.1. The van der Waals surface area contributed by atoms with Crippen molar-refractivity contribution >= 4 is 0 Å². The number of hydrogen-bond donors (Lipinski definition) is 2. The molecule has 0 fully saturated rings. The van der Waals surface area contributed by atoms with Gasteiger partial charge in [-0.1, -0.05) is 13.8 Å². The predicted molar refractivity (Wildman–Crippen MR) is 58.6 cm³/mol. The van der Waals surface area contributed by atoms with Crippen molar-refractivity contribution in [2.45, 2.75) is 26.7 Å². The van der Waals surface area contributed by atoms with Gasteiger partial charge in [0.1, 0.15) is 0 Å². The topological polar surface area (TPSA) is 55.3 Å². The van der Waals surface area contributed by atoms with Crippen molar-refractivity contribution < 1.29 is 0 Å². The Kier molecular flexibility index (Phi) is 8.40. The predicted octanol–water partition coefficient (Wildman–Crippen LogP) is 0.642. The Morgan fingerprint density at radius 1 is 1.00 bits per heavy atom. The SMILES string of the molecule is CC(C)CN(CCCN)CCCN. The first-order valence-electron chi connectivity index (χ1n) is 5.33. The summed E-state index contributed by atoms with van der Waals surface area (Å²) in [6, 6.07) is 0. The fourth-order valence-corrected chi connectivity index (χ4v) is 1.44. The lowest BCUT2D eigenvalue weighted by molar-refractivity contribution is 0.241. The highest BCUT2D eigenvalue weighted by Crippen LogP contribution is 2.00. The molecule has 0 rings (SSSR count). The summed E-state index contributed by atoms with van der Waals surface area (Å²) in [5.74, 6) is 0.732. The molecule has 0 aromatic heterocycles. The first-order chi connectivity index (χ1) is 6.20. The molecule has 0 atom stereocenters. The molecule has 80 valence electrons. The molecule has 0 aromatic rings. The maximum absolute atomic E-state index is 5.48. The molecular weight excluding hydrogens is 162 g/mol. The molecule has 0 bridgehead atoms. The van der Waals surface area contributed by atoms with Crippen LogP contribution >= 0.6 is 0 Å². The Bertz CT molecular complexity index is 96.3. The van der Waals surface area contributed by atoms with E-state index in [4.69, 9.17) is 11.5 Å². The standard InChI is InChI=1S/C10H25N3/c1-10(2)9-13(7-3-5-11)8-4-6-12/h10H,3-9,11-12H2,1-2H3. The minimum absolute atomic E-state index is 0.732. The van der Waals surface area contributed by atoms with Crippen LogP contribution in [0.5, 0.6) is 0 Å². The molecule has 0 spiro atoms. The van der Waals surface area contributed by atoms with Gasteiger partial charge >= 0.3 is 0 Å². The molecular formula is C10H25N3. The Balaban J connectivity index is 3.60. The van der Waals surface area contributed by atoms with Crippen LogP contribution in [0.15, 0.2) is 0 Å². The van der Waals surface area contributed by atoms with Crippen LogP contribution in [0.25, 0.3) is 0 Å². The summed E-state index contributed by atoms with van der Waals surface area (Å²) >= 11 is 0. The molecule has 0 aromatic carbocycles. The summed E-state index contributed by atoms with van der Waals surface area (Å²) < 4.78 is 0. The molecule has 0 aliphatic rings. The summed E-state index contributed by atoms with van der Waals surface area (Å²) in [5.41, 5.74) is 11.0. The zero-order valence-electron chi connectivity index (χ0n) is 9.13. The molecule has 0 radical (unpaired) electrons. The maximum atomic E-state index is 5.48. The summed E-state index contributed by atoms with van der Waals surface area (Å²) in [7, 11) is 0. The van der Waals surface area contributed by atoms with Crippen LogP contribution in [0.2, 0.25) is 0 Å². The van der Waals surface area contributed by atoms with Gasteiger partial charge < -0.3 is 16.4 Å². The molecule has 0 aliphatic heterocycles. The summed E-state index contributed by atoms with van der Waals surface area (Å²) in [4.78, 5) is 2.46. The summed E-state index contributed by atoms with van der Waals surface area (Å²) in [5, 5.41) is 0. The smallest absolute Gasteiger partial charge is 0.000440 e. The lowest BCUT2D eigenvalue weighted by atomic mass is 10.2. The monoisotopic (exact) mass is 187 g/mol. The highest BCUT2D eigenvalue weighted by atomic mass is 15.1. The second-order valence-corrected chi connectivity index (χ2v) is 3.98. The molecule has 3 nitrogen and oxygen atoms in total. The first-order valence-corrected chi connectivity index (χ1v) is 5.33. The Labute approximate surface area is 82.5 Å². The van der Waals surface area contributed by atoms with Gasteiger partial charge in [0.15, 0.2) is 0 Å². The van der Waals surface area contributed by atoms with Crippen molar-refractivity contribution in [3.8, 4) is 0 Å². The minimum Gasteiger partial charge on any atom is -0.330 e. The highest BCUT2D eigenvalue weighted by Gasteiger charge is 2.05. The van der Waals surface area contributed by atoms with Crippen LogP contribution in [0.1, 0.15) is 26.7 Å². The summed E-state index contributed by atoms with van der Waals surface area (Å²) in [6.45, 7) is 9.48. The second-order valence-electron chi connectivity index (χ2n) is 3.98. The average molecular weight is 187 g/mol. The van der Waals surface area contributed by atoms with Gasteiger partial charge in [0.05, 0.1) is 0 Å². The fourth-order valence-electron chi connectivity index (χ4n) is 1.44. The van der Waals surface area contributed by atoms with E-state index in [9.17, 15) is 0 Å². The molecule has 0 saturated heterocycles. The van der Waals surface area contributed by atoms with E-state index >= 15 is 0 Å². The highest BCUT2D eigenvalue weighted by molar-refractivity contribution is 4.61. The maximum Gasteiger partial charge on any atom is 0.000440 e. The van der Waals surface area contributed by atoms with Gasteiger partial charge in [-0.3, -0.25) is 0 Å². The van der Waals surface area contributed by atoms with Gasteiger partial charge in [-0.05, 0) is 44.9 Å². The van der Waals surface area contributed by atoms with Gasteiger partial charge in [0.25, 0.3) is 0 Å². The number of rotatable bonds is 8. The van der Waals surface area contributed by atoms with Gasteiger partial charge in [-0.15, -0.1) is 0 Å². The lowest BCUT2D eigenvalue weighted by Crippen LogP contribution is -2.32. The zero-order valence-corrected chi connectivity index (χ0v) is 9.13. The van der Waals surface area contributed by atoms with Crippen LogP contribution in [0.3, 0.4) is 0 Å². The quantitative estimate of drug-likeness (QED) is 0.586. The van der Waals surface area contributed by atoms with Gasteiger partial charge in [-0.2, -0.15) is 0 Å². The van der Waals surface area contributed by atoms with E-state index in [0.29, 0.717) is 0 Å². The van der Waals surface area contributed by atoms with Gasteiger partial charge in [0.2, 0.25) is 0 Å². The third-order valence-corrected chi connectivity index (χ3v) is 1.98. The molecule has 0 unspecified atom stereocenters. The van der Waals surface area contributed by atoms with E-state index in [1.54, 1.807) is 0 Å². The van der Waals surface area contributed by atoms with Gasteiger partial charge in [-0.25, -0.2) is 0 Å². The van der Waals surface area contributed by atoms with Crippen LogP contribution < -0.4 is 11.5 Å². The van der Waals surface area contributed by atoms with Crippen molar-refractivity contribution in [1.29, 1.82) is 0 Å². The number of nitrogens with two attached hydrogens (primary N) is 2. The third-order valence-electron chi connectivity index (χ3n) is 1.98. The van der Waals surface area contributed by atoms with E-state index in [2.05, 4.69) is 18.7 Å². The number of nitrogens with zero attached hydrogens (tertiary/aromatic N) is 1. The Morgan fingerprint density at radius 3 is 1.77 bits per heavy atom. The van der Waals surface area contributed by atoms with E-state index in [1.165, 1.54) is 6.54 Å². The summed E-state index contributed by atoms with van der Waals surface area (Å²) in [6.07, 6.45) is 2.19. The van der Waals surface area contributed by atoms with Crippen molar-refractivity contribution in [2.24, 2.45) is 17.4 Å². The van der Waals surface area contributed by atoms with Crippen molar-refractivity contribution in [3.63, 3.8) is 0 Å². The molecule has 4 N–H and O–H groups in total. The molecule has 3 heteroatoms. The Morgan fingerprint density at radius 2 is 1.46 bits per heavy atom. The van der Waals surface area contributed by atoms with Crippen molar-refractivity contribution in [1.82, 2.24) is 4.90 Å². The number of hydrogen-bond acceptors (Lipinski definition) is 3. The first kappa shape index (κ1) is 12.9. The second kappa shape index (κ2) is 8.48. The Hall–Kier alpha value is -0.120. The van der Waals surface area contributed by atoms with Crippen LogP contribution in [0.4, 0.5) is 0 Å². The normalized spacial score (nSPS) is 11.5. The van der Waals surface area contributed by atoms with Crippen LogP contribution in [0, 0.1) is 5.92 Å². The van der Waals surface area contributed by atoms with E-state index in [-0.39, 0.29) is 0 Å². The molecule has 13 heavy (non-hydrogen) atoms. The van der Waals surface area contributed by atoms with E-state index in [0.717, 1.165) is 44.9 Å². The molecule has 0 amide bonds.